The number of carbonyl (C=O) groups is 1. The number of benzene rings is 3. The Morgan fingerprint density at radius 2 is 1.38 bits per heavy atom. The Balaban J connectivity index is 1.71. The Morgan fingerprint density at radius 3 is 1.94 bits per heavy atom. The van der Waals surface area contributed by atoms with Gasteiger partial charge >= 0.3 is 5.97 Å². The van der Waals surface area contributed by atoms with Crippen molar-refractivity contribution < 1.29 is 22.7 Å². The number of rotatable bonds is 6. The minimum atomic E-state index is -3.98. The van der Waals surface area contributed by atoms with Gasteiger partial charge in [0.15, 0.2) is 0 Å². The molecule has 0 heterocycles. The molecule has 3 aromatic rings. The molecule has 7 heteroatoms. The van der Waals surface area contributed by atoms with Crippen LogP contribution in [0.15, 0.2) is 83.8 Å². The quantitative estimate of drug-likeness (QED) is 0.439. The summed E-state index contributed by atoms with van der Waals surface area (Å²) in [5.74, 6) is 11.8. The summed E-state index contributed by atoms with van der Waals surface area (Å²) in [4.78, 5) is 12.1. The molecule has 34 heavy (non-hydrogen) atoms. The number of sulfonamides is 1. The summed E-state index contributed by atoms with van der Waals surface area (Å²) in [6.45, 7) is 0. The van der Waals surface area contributed by atoms with E-state index in [1.165, 1.54) is 19.2 Å². The van der Waals surface area contributed by atoms with Crippen molar-refractivity contribution in [3.8, 4) is 29.4 Å². The van der Waals surface area contributed by atoms with E-state index in [-0.39, 0.29) is 11.3 Å². The maximum absolute atomic E-state index is 12.8. The third kappa shape index (κ3) is 6.98. The second kappa shape index (κ2) is 11.7. The first-order chi connectivity index (χ1) is 16.4. The zero-order valence-corrected chi connectivity index (χ0v) is 19.6. The van der Waals surface area contributed by atoms with Gasteiger partial charge in [0.1, 0.15) is 11.8 Å². The average Bonchev–Trinajstić information content (AvgIpc) is 2.87. The van der Waals surface area contributed by atoms with Gasteiger partial charge in [0.2, 0.25) is 10.0 Å². The molecule has 0 saturated heterocycles. The van der Waals surface area contributed by atoms with Crippen molar-refractivity contribution in [2.45, 2.75) is 17.4 Å². The van der Waals surface area contributed by atoms with Crippen LogP contribution in [0.5, 0.6) is 5.75 Å². The molecule has 0 saturated carbocycles. The Labute approximate surface area is 200 Å². The number of methoxy groups -OCH3 is 2. The van der Waals surface area contributed by atoms with Crippen LogP contribution in [0, 0.1) is 23.7 Å². The first-order valence-corrected chi connectivity index (χ1v) is 11.8. The van der Waals surface area contributed by atoms with Gasteiger partial charge in [0, 0.05) is 23.1 Å². The Bertz CT molecular complexity index is 1340. The van der Waals surface area contributed by atoms with Crippen molar-refractivity contribution in [3.63, 3.8) is 0 Å². The Hall–Kier alpha value is -4.04. The van der Waals surface area contributed by atoms with Crippen LogP contribution in [0.1, 0.15) is 23.1 Å². The van der Waals surface area contributed by atoms with E-state index in [1.807, 2.05) is 54.6 Å². The fourth-order valence-corrected chi connectivity index (χ4v) is 4.07. The van der Waals surface area contributed by atoms with Gasteiger partial charge in [0.25, 0.3) is 0 Å². The molecular weight excluding hydrogens is 450 g/mol. The van der Waals surface area contributed by atoms with E-state index < -0.39 is 22.0 Å². The van der Waals surface area contributed by atoms with Crippen molar-refractivity contribution in [2.24, 2.45) is 0 Å². The van der Waals surface area contributed by atoms with Crippen molar-refractivity contribution in [3.05, 3.63) is 95.6 Å². The average molecular weight is 474 g/mol. The summed E-state index contributed by atoms with van der Waals surface area (Å²) in [5, 5.41) is 0. The molecule has 0 aliphatic heterocycles. The van der Waals surface area contributed by atoms with Gasteiger partial charge in [-0.05, 0) is 60.7 Å². The van der Waals surface area contributed by atoms with Gasteiger partial charge < -0.3 is 9.47 Å². The minimum absolute atomic E-state index is 0.00687. The van der Waals surface area contributed by atoms with Gasteiger partial charge in [0.05, 0.1) is 19.1 Å². The van der Waals surface area contributed by atoms with Crippen LogP contribution in [0.4, 0.5) is 0 Å². The van der Waals surface area contributed by atoms with E-state index in [0.29, 0.717) is 5.56 Å². The van der Waals surface area contributed by atoms with E-state index in [1.54, 1.807) is 19.2 Å². The summed E-state index contributed by atoms with van der Waals surface area (Å²) >= 11 is 0. The van der Waals surface area contributed by atoms with Crippen molar-refractivity contribution in [1.29, 1.82) is 0 Å². The summed E-state index contributed by atoms with van der Waals surface area (Å²) in [6, 6.07) is 21.4. The first kappa shape index (κ1) is 24.6. The van der Waals surface area contributed by atoms with Crippen LogP contribution in [0.3, 0.4) is 0 Å². The van der Waals surface area contributed by atoms with Crippen molar-refractivity contribution in [1.82, 2.24) is 4.72 Å². The fourth-order valence-electron chi connectivity index (χ4n) is 2.88. The predicted octanol–water partition coefficient (Wildman–Crippen LogP) is 3.36. The van der Waals surface area contributed by atoms with Crippen LogP contribution in [-0.2, 0) is 19.6 Å². The summed E-state index contributed by atoms with van der Waals surface area (Å²) in [5.41, 5.74) is 2.21. The minimum Gasteiger partial charge on any atom is -0.497 e. The SMILES string of the molecule is COC(=O)C(CC#Cc1ccccc1)NS(=O)(=O)c1ccc(C#Cc2ccc(OC)cc2)cc1. The zero-order chi connectivity index (χ0) is 24.4. The molecule has 1 atom stereocenters. The third-order valence-corrected chi connectivity index (χ3v) is 6.19. The molecule has 0 radical (unpaired) electrons. The third-order valence-electron chi connectivity index (χ3n) is 4.70. The summed E-state index contributed by atoms with van der Waals surface area (Å²) in [7, 11) is -1.19. The second-order valence-corrected chi connectivity index (χ2v) is 8.79. The second-order valence-electron chi connectivity index (χ2n) is 7.07. The standard InChI is InChI=1S/C27H23NO5S/c1-32-24-17-13-22(14-18-24)11-12-23-15-19-25(20-16-23)34(30,31)28-26(27(29)33-2)10-6-9-21-7-4-3-5-8-21/h3-5,7-8,13-20,26,28H,10H2,1-2H3. The van der Waals surface area contributed by atoms with Crippen molar-refractivity contribution >= 4 is 16.0 Å². The molecule has 0 aliphatic carbocycles. The molecule has 1 N–H and O–H groups in total. The predicted molar refractivity (Wildman–Crippen MR) is 129 cm³/mol. The lowest BCUT2D eigenvalue weighted by atomic mass is 10.2. The van der Waals surface area contributed by atoms with E-state index in [4.69, 9.17) is 9.47 Å². The van der Waals surface area contributed by atoms with Crippen LogP contribution in [0.25, 0.3) is 0 Å². The smallest absolute Gasteiger partial charge is 0.324 e. The van der Waals surface area contributed by atoms with Crippen LogP contribution >= 0.6 is 0 Å². The molecule has 0 aromatic heterocycles. The lowest BCUT2D eigenvalue weighted by Gasteiger charge is -2.14. The van der Waals surface area contributed by atoms with Crippen LogP contribution in [-0.4, -0.2) is 34.6 Å². The molecule has 6 nitrogen and oxygen atoms in total. The molecule has 172 valence electrons. The van der Waals surface area contributed by atoms with E-state index >= 15 is 0 Å². The monoisotopic (exact) mass is 473 g/mol. The number of ether oxygens (including phenoxy) is 2. The molecule has 1 unspecified atom stereocenters. The van der Waals surface area contributed by atoms with Gasteiger partial charge in [-0.2, -0.15) is 4.72 Å². The molecule has 0 amide bonds. The molecule has 0 fully saturated rings. The topological polar surface area (TPSA) is 81.7 Å². The Morgan fingerprint density at radius 1 is 0.824 bits per heavy atom. The van der Waals surface area contributed by atoms with Gasteiger partial charge in [-0.1, -0.05) is 41.9 Å². The molecule has 3 aromatic carbocycles. The normalized spacial score (nSPS) is 11.2. The zero-order valence-electron chi connectivity index (χ0n) is 18.7. The number of hydrogen-bond acceptors (Lipinski definition) is 5. The van der Waals surface area contributed by atoms with Gasteiger partial charge in [-0.3, -0.25) is 4.79 Å². The maximum atomic E-state index is 12.8. The van der Waals surface area contributed by atoms with E-state index in [0.717, 1.165) is 16.9 Å². The van der Waals surface area contributed by atoms with Gasteiger partial charge in [-0.25, -0.2) is 8.42 Å². The first-order valence-electron chi connectivity index (χ1n) is 10.3. The highest BCUT2D eigenvalue weighted by Crippen LogP contribution is 2.13. The molecular formula is C27H23NO5S. The number of esters is 1. The van der Waals surface area contributed by atoms with Gasteiger partial charge in [-0.15, -0.1) is 0 Å². The highest BCUT2D eigenvalue weighted by atomic mass is 32.2. The van der Waals surface area contributed by atoms with Crippen LogP contribution in [0.2, 0.25) is 0 Å². The molecule has 0 spiro atoms. The number of carbonyl (C=O) groups excluding carboxylic acids is 1. The lowest BCUT2D eigenvalue weighted by Crippen LogP contribution is -2.41. The molecule has 3 rings (SSSR count). The number of hydrogen-bond donors (Lipinski definition) is 1. The Kier molecular flexibility index (Phi) is 8.48. The van der Waals surface area contributed by atoms with E-state index in [9.17, 15) is 13.2 Å². The summed E-state index contributed by atoms with van der Waals surface area (Å²) < 4.78 is 37.9. The highest BCUT2D eigenvalue weighted by molar-refractivity contribution is 7.89. The summed E-state index contributed by atoms with van der Waals surface area (Å²) in [6.07, 6.45) is -0.0355. The molecule has 0 bridgehead atoms. The van der Waals surface area contributed by atoms with Crippen molar-refractivity contribution in [2.75, 3.05) is 14.2 Å². The largest absolute Gasteiger partial charge is 0.497 e. The fraction of sp³-hybridized carbons (Fsp3) is 0.148. The highest BCUT2D eigenvalue weighted by Gasteiger charge is 2.25. The lowest BCUT2D eigenvalue weighted by molar-refractivity contribution is -0.142. The molecule has 0 aliphatic rings. The van der Waals surface area contributed by atoms with Crippen LogP contribution < -0.4 is 9.46 Å². The van der Waals surface area contributed by atoms with E-state index in [2.05, 4.69) is 28.4 Å². The maximum Gasteiger partial charge on any atom is 0.324 e. The number of nitrogens with one attached hydrogen (secondary N) is 1.